The molecule has 134 valence electrons. The normalized spacial score (nSPS) is 50.3. The zero-order valence-corrected chi connectivity index (χ0v) is 15.7. The van der Waals surface area contributed by atoms with Gasteiger partial charge in [0.2, 0.25) is 0 Å². The largest absolute Gasteiger partial charge is 0.391 e. The van der Waals surface area contributed by atoms with Crippen LogP contribution in [-0.4, -0.2) is 31.3 Å². The van der Waals surface area contributed by atoms with Crippen LogP contribution in [0, 0.1) is 28.6 Å². The molecule has 0 aromatic heterocycles. The number of nitrogens with one attached hydrogen (secondary N) is 2. The first kappa shape index (κ1) is 16.7. The molecule has 0 aromatic carbocycles. The summed E-state index contributed by atoms with van der Waals surface area (Å²) in [7, 11) is 4.24. The van der Waals surface area contributed by atoms with E-state index in [0.717, 1.165) is 12.8 Å². The lowest BCUT2D eigenvalue weighted by molar-refractivity contribution is 0.0302. The molecular weight excluding hydrogens is 296 g/mol. The van der Waals surface area contributed by atoms with Gasteiger partial charge < -0.3 is 15.7 Å². The molecule has 4 aliphatic carbocycles. The van der Waals surface area contributed by atoms with Gasteiger partial charge >= 0.3 is 0 Å². The molecule has 4 rings (SSSR count). The lowest BCUT2D eigenvalue weighted by Gasteiger charge is -2.56. The van der Waals surface area contributed by atoms with Crippen molar-refractivity contribution < 1.29 is 5.11 Å². The zero-order chi connectivity index (χ0) is 17.1. The monoisotopic (exact) mass is 330 g/mol. The molecule has 0 amide bonds. The predicted octanol–water partition coefficient (Wildman–Crippen LogP) is 3.22. The average molecular weight is 331 g/mol. The van der Waals surface area contributed by atoms with Crippen LogP contribution in [-0.2, 0) is 0 Å². The zero-order valence-electron chi connectivity index (χ0n) is 15.7. The Hall–Kier alpha value is -0.800. The van der Waals surface area contributed by atoms with E-state index in [2.05, 4.69) is 50.7 Å². The van der Waals surface area contributed by atoms with Crippen LogP contribution in [0.25, 0.3) is 0 Å². The van der Waals surface area contributed by atoms with Crippen LogP contribution in [0.15, 0.2) is 23.4 Å². The molecule has 0 aromatic rings. The van der Waals surface area contributed by atoms with Gasteiger partial charge in [0.25, 0.3) is 0 Å². The number of rotatable bonds is 2. The first-order valence-corrected chi connectivity index (χ1v) is 9.89. The molecule has 3 N–H and O–H groups in total. The van der Waals surface area contributed by atoms with Crippen LogP contribution in [0.2, 0.25) is 0 Å². The van der Waals surface area contributed by atoms with Gasteiger partial charge in [-0.25, -0.2) is 0 Å². The summed E-state index contributed by atoms with van der Waals surface area (Å²) in [5, 5.41) is 17.3. The van der Waals surface area contributed by atoms with Gasteiger partial charge in [0, 0.05) is 18.8 Å². The fourth-order valence-corrected chi connectivity index (χ4v) is 6.88. The summed E-state index contributed by atoms with van der Waals surface area (Å²) in [6.45, 7) is 4.99. The van der Waals surface area contributed by atoms with Crippen molar-refractivity contribution in [1.82, 2.24) is 10.6 Å². The van der Waals surface area contributed by atoms with Gasteiger partial charge in [0.1, 0.15) is 0 Å². The second-order valence-corrected chi connectivity index (χ2v) is 9.18. The number of hydrogen-bond acceptors (Lipinski definition) is 3. The summed E-state index contributed by atoms with van der Waals surface area (Å²) in [6, 6.07) is 0.656. The smallest absolute Gasteiger partial charge is 0.0724 e. The lowest BCUT2D eigenvalue weighted by Crippen LogP contribution is -2.52. The number of aliphatic hydroxyl groups is 1. The van der Waals surface area contributed by atoms with E-state index in [9.17, 15) is 5.11 Å². The van der Waals surface area contributed by atoms with Gasteiger partial charge in [-0.1, -0.05) is 26.0 Å². The van der Waals surface area contributed by atoms with Crippen molar-refractivity contribution in [2.45, 2.75) is 64.5 Å². The van der Waals surface area contributed by atoms with Gasteiger partial charge in [-0.05, 0) is 79.7 Å². The molecule has 0 spiro atoms. The van der Waals surface area contributed by atoms with Crippen molar-refractivity contribution >= 4 is 0 Å². The van der Waals surface area contributed by atoms with Crippen molar-refractivity contribution in [2.24, 2.45) is 28.6 Å². The van der Waals surface area contributed by atoms with E-state index in [-0.39, 0.29) is 11.5 Å². The summed E-state index contributed by atoms with van der Waals surface area (Å²) in [5.74, 6) is 1.94. The molecule has 0 bridgehead atoms. The Morgan fingerprint density at radius 1 is 1.12 bits per heavy atom. The van der Waals surface area contributed by atoms with E-state index in [4.69, 9.17) is 0 Å². The van der Waals surface area contributed by atoms with Gasteiger partial charge in [-0.15, -0.1) is 0 Å². The third kappa shape index (κ3) is 2.10. The number of aliphatic hydroxyl groups excluding tert-OH is 1. The van der Waals surface area contributed by atoms with E-state index in [1.54, 1.807) is 5.57 Å². The Labute approximate surface area is 147 Å². The predicted molar refractivity (Wildman–Crippen MR) is 98.5 cm³/mol. The Bertz CT molecular complexity index is 582. The van der Waals surface area contributed by atoms with Gasteiger partial charge in [0.15, 0.2) is 0 Å². The average Bonchev–Trinajstić information content (AvgIpc) is 2.91. The Kier molecular flexibility index (Phi) is 3.89. The van der Waals surface area contributed by atoms with Crippen LogP contribution in [0.4, 0.5) is 0 Å². The lowest BCUT2D eigenvalue weighted by atomic mass is 9.49. The van der Waals surface area contributed by atoms with Crippen LogP contribution in [0.5, 0.6) is 0 Å². The second kappa shape index (κ2) is 5.60. The third-order valence-corrected chi connectivity index (χ3v) is 8.34. The summed E-state index contributed by atoms with van der Waals surface area (Å²) in [4.78, 5) is 0. The molecule has 0 aliphatic heterocycles. The van der Waals surface area contributed by atoms with Gasteiger partial charge in [-0.2, -0.15) is 0 Å². The summed E-state index contributed by atoms with van der Waals surface area (Å²) < 4.78 is 0. The summed E-state index contributed by atoms with van der Waals surface area (Å²) in [5.41, 5.74) is 3.87. The molecule has 3 nitrogen and oxygen atoms in total. The number of fused-ring (bicyclic) bond motifs is 5. The van der Waals surface area contributed by atoms with E-state index >= 15 is 0 Å². The van der Waals surface area contributed by atoms with Crippen LogP contribution >= 0.6 is 0 Å². The van der Waals surface area contributed by atoms with E-state index in [1.807, 2.05) is 0 Å². The highest BCUT2D eigenvalue weighted by Crippen LogP contribution is 2.64. The molecule has 4 aliphatic rings. The van der Waals surface area contributed by atoms with Crippen molar-refractivity contribution in [2.75, 3.05) is 14.1 Å². The first-order valence-electron chi connectivity index (χ1n) is 9.89. The molecule has 3 heteroatoms. The maximum atomic E-state index is 10.1. The standard InChI is InChI=1S/C21H34N2O/c1-20-9-7-14(24)11-13(20)12-17(22-3)19-15-5-6-18(23-4)21(15,2)10-8-16(19)20/h7,9,13-16,18,22-24H,5-6,8,10-12H2,1-4H3/t13?,14?,15-,16+,18?,20-,21-/m0/s1. The summed E-state index contributed by atoms with van der Waals surface area (Å²) >= 11 is 0. The number of hydrogen-bond donors (Lipinski definition) is 3. The van der Waals surface area contributed by atoms with Crippen molar-refractivity contribution in [1.29, 1.82) is 0 Å². The third-order valence-electron chi connectivity index (χ3n) is 8.34. The van der Waals surface area contributed by atoms with Gasteiger partial charge in [-0.3, -0.25) is 0 Å². The Balaban J connectivity index is 1.78. The molecule has 2 saturated carbocycles. The highest BCUT2D eigenvalue weighted by Gasteiger charge is 2.58. The van der Waals surface area contributed by atoms with Crippen molar-refractivity contribution in [3.05, 3.63) is 23.4 Å². The highest BCUT2D eigenvalue weighted by molar-refractivity contribution is 5.35. The summed E-state index contributed by atoms with van der Waals surface area (Å²) in [6.07, 6.45) is 11.5. The molecule has 0 saturated heterocycles. The van der Waals surface area contributed by atoms with Gasteiger partial charge in [0.05, 0.1) is 6.10 Å². The number of allylic oxidation sites excluding steroid dienone is 3. The van der Waals surface area contributed by atoms with Crippen LogP contribution in [0.3, 0.4) is 0 Å². The Morgan fingerprint density at radius 3 is 2.62 bits per heavy atom. The quantitative estimate of drug-likeness (QED) is 0.681. The van der Waals surface area contributed by atoms with E-state index < -0.39 is 0 Å². The minimum atomic E-state index is -0.253. The van der Waals surface area contributed by atoms with Crippen LogP contribution < -0.4 is 10.6 Å². The molecule has 0 heterocycles. The first-order chi connectivity index (χ1) is 11.4. The molecule has 3 unspecified atom stereocenters. The topological polar surface area (TPSA) is 44.3 Å². The molecule has 0 radical (unpaired) electrons. The highest BCUT2D eigenvalue weighted by atomic mass is 16.3. The van der Waals surface area contributed by atoms with Crippen molar-refractivity contribution in [3.8, 4) is 0 Å². The minimum absolute atomic E-state index is 0.230. The second-order valence-electron chi connectivity index (χ2n) is 9.18. The molecule has 2 fully saturated rings. The van der Waals surface area contributed by atoms with E-state index in [0.29, 0.717) is 29.2 Å². The van der Waals surface area contributed by atoms with Crippen molar-refractivity contribution in [3.63, 3.8) is 0 Å². The molecular formula is C21H34N2O. The fraction of sp³-hybridized carbons (Fsp3) is 0.810. The molecule has 7 atom stereocenters. The SMILES string of the molecule is CNC1=C2[C@@H](CC[C@]3(C)C(NC)CC[C@@H]23)[C@@]2(C)C=CC(O)CC2C1. The maximum absolute atomic E-state index is 10.1. The Morgan fingerprint density at radius 2 is 1.92 bits per heavy atom. The maximum Gasteiger partial charge on any atom is 0.0724 e. The van der Waals surface area contributed by atoms with Crippen LogP contribution in [0.1, 0.15) is 52.4 Å². The van der Waals surface area contributed by atoms with E-state index in [1.165, 1.54) is 31.4 Å². The fourth-order valence-electron chi connectivity index (χ4n) is 6.88. The minimum Gasteiger partial charge on any atom is -0.391 e. The molecule has 24 heavy (non-hydrogen) atoms.